The van der Waals surface area contributed by atoms with Crippen LogP contribution >= 0.6 is 0 Å². The highest BCUT2D eigenvalue weighted by Gasteiger charge is 2.36. The minimum atomic E-state index is -0.0556. The van der Waals surface area contributed by atoms with Crippen molar-refractivity contribution in [3.8, 4) is 11.4 Å². The van der Waals surface area contributed by atoms with E-state index in [-0.39, 0.29) is 11.5 Å². The molecule has 10 aromatic rings. The van der Waals surface area contributed by atoms with E-state index in [0.717, 1.165) is 81.9 Å². The minimum absolute atomic E-state index is 0.0285. The van der Waals surface area contributed by atoms with E-state index in [4.69, 9.17) is 4.98 Å². The first kappa shape index (κ1) is 26.5. The number of carbonyl (C=O) groups excluding carboxylic acids is 1. The average molecular weight is 598 g/mol. The molecule has 0 unspecified atom stereocenters. The summed E-state index contributed by atoms with van der Waals surface area (Å²) in [5.74, 6) is 0.775. The molecule has 0 atom stereocenters. The summed E-state index contributed by atoms with van der Waals surface area (Å²) in [4.78, 5) is 36.4. The normalized spacial score (nSPS) is 12.5. The summed E-state index contributed by atoms with van der Waals surface area (Å²) in [5, 5.41) is 10.00. The van der Waals surface area contributed by atoms with E-state index in [1.807, 2.05) is 88.4 Å². The zero-order chi connectivity index (χ0) is 31.4. The molecule has 0 radical (unpaired) electrons. The van der Waals surface area contributed by atoms with Crippen LogP contribution in [0.3, 0.4) is 0 Å². The Hall–Kier alpha value is -5.88. The highest BCUT2D eigenvalue weighted by molar-refractivity contribution is 6.39. The summed E-state index contributed by atoms with van der Waals surface area (Å²) in [7, 11) is 0. The fourth-order valence-corrected chi connectivity index (χ4v) is 7.76. The molecular formula is C40H29N4O2+. The van der Waals surface area contributed by atoms with Gasteiger partial charge >= 0.3 is 5.91 Å². The number of rotatable bonds is 0. The molecular weight excluding hydrogens is 568 g/mol. The molecule has 6 nitrogen and oxygen atoms in total. The first-order chi connectivity index (χ1) is 22.7. The standard InChI is InChI=1S/C36H16N4O2.2C2H6/c41-35-23-15-11-19-20-12-16-24-32-22(34-38-26-6-2-4-8-28(26)40(34)36(24)42)14-10-18(30(20)32)17-9-13-21(31(23)29(17)19)33-37-25-5-1-3-7-27(25)39(33)35;2*1-2/h1-16H;2*1-2H3/p+1. The fourth-order valence-electron chi connectivity index (χ4n) is 7.76. The highest BCUT2D eigenvalue weighted by Crippen LogP contribution is 2.46. The van der Waals surface area contributed by atoms with Crippen molar-refractivity contribution in [1.29, 1.82) is 0 Å². The van der Waals surface area contributed by atoms with Crippen LogP contribution in [0.4, 0.5) is 0 Å². The van der Waals surface area contributed by atoms with E-state index < -0.39 is 0 Å². The number of nitrogens with one attached hydrogen (secondary N) is 1. The highest BCUT2D eigenvalue weighted by atomic mass is 16.2. The van der Waals surface area contributed by atoms with Crippen LogP contribution in [0.1, 0.15) is 38.1 Å². The maximum absolute atomic E-state index is 14.0. The van der Waals surface area contributed by atoms with Gasteiger partial charge in [-0.2, -0.15) is 4.57 Å². The topological polar surface area (TPSA) is 71.1 Å². The third kappa shape index (κ3) is 3.01. The zero-order valence-corrected chi connectivity index (χ0v) is 25.9. The number of benzene rings is 7. The van der Waals surface area contributed by atoms with E-state index in [0.29, 0.717) is 16.6 Å². The van der Waals surface area contributed by atoms with Crippen molar-refractivity contribution in [2.75, 3.05) is 0 Å². The second kappa shape index (κ2) is 9.31. The number of H-pyrrole nitrogens is 1. The number of nitrogens with zero attached hydrogens (tertiary/aromatic N) is 3. The summed E-state index contributed by atoms with van der Waals surface area (Å²) in [5.41, 5.74) is 5.77. The molecule has 0 bridgehead atoms. The van der Waals surface area contributed by atoms with Gasteiger partial charge in [-0.25, -0.2) is 14.8 Å². The largest absolute Gasteiger partial charge is 0.347 e. The molecule has 0 spiro atoms. The molecule has 0 aliphatic carbocycles. The number of hydrogen-bond donors (Lipinski definition) is 1. The molecule has 1 aliphatic heterocycles. The van der Waals surface area contributed by atoms with Crippen molar-refractivity contribution in [3.63, 3.8) is 0 Å². The van der Waals surface area contributed by atoms with Gasteiger partial charge in [0, 0.05) is 21.5 Å². The van der Waals surface area contributed by atoms with E-state index in [1.54, 1.807) is 8.97 Å². The van der Waals surface area contributed by atoms with Gasteiger partial charge in [-0.1, -0.05) is 76.2 Å². The van der Waals surface area contributed by atoms with Crippen molar-refractivity contribution in [2.24, 2.45) is 0 Å². The predicted octanol–water partition coefficient (Wildman–Crippen LogP) is 8.98. The number of hydrogen-bond acceptors (Lipinski definition) is 3. The average Bonchev–Trinajstić information content (AvgIpc) is 3.71. The molecule has 1 aliphatic rings. The van der Waals surface area contributed by atoms with Crippen molar-refractivity contribution >= 4 is 87.5 Å². The van der Waals surface area contributed by atoms with Crippen LogP contribution in [-0.4, -0.2) is 20.3 Å². The molecule has 6 heteroatoms. The Morgan fingerprint density at radius 2 is 1.15 bits per heavy atom. The monoisotopic (exact) mass is 597 g/mol. The Morgan fingerprint density at radius 1 is 0.587 bits per heavy atom. The second-order valence-corrected chi connectivity index (χ2v) is 11.3. The van der Waals surface area contributed by atoms with Gasteiger partial charge in [0.25, 0.3) is 11.4 Å². The molecule has 0 amide bonds. The third-order valence-electron chi connectivity index (χ3n) is 9.45. The molecule has 0 saturated heterocycles. The van der Waals surface area contributed by atoms with Crippen molar-refractivity contribution in [3.05, 3.63) is 113 Å². The maximum Gasteiger partial charge on any atom is 0.347 e. The minimum Gasteiger partial charge on any atom is -0.268 e. The lowest BCUT2D eigenvalue weighted by Gasteiger charge is -2.20. The van der Waals surface area contributed by atoms with Crippen LogP contribution in [0.5, 0.6) is 0 Å². The van der Waals surface area contributed by atoms with Crippen molar-refractivity contribution in [1.82, 2.24) is 14.4 Å². The molecule has 46 heavy (non-hydrogen) atoms. The van der Waals surface area contributed by atoms with Crippen LogP contribution < -0.4 is 10.1 Å². The second-order valence-electron chi connectivity index (χ2n) is 11.3. The first-order valence-electron chi connectivity index (χ1n) is 16.0. The van der Waals surface area contributed by atoms with Gasteiger partial charge in [0.15, 0.2) is 11.0 Å². The fraction of sp³-hybridized carbons (Fsp3) is 0.100. The van der Waals surface area contributed by atoms with E-state index in [2.05, 4.69) is 41.4 Å². The zero-order valence-electron chi connectivity index (χ0n) is 25.9. The third-order valence-corrected chi connectivity index (χ3v) is 9.45. The van der Waals surface area contributed by atoms with Gasteiger partial charge in [0.05, 0.1) is 22.2 Å². The lowest BCUT2D eigenvalue weighted by atomic mass is 9.84. The molecule has 11 rings (SSSR count). The SMILES string of the molecule is CC.CC.O=C1c2ccc3c4ccc5c(=O)n6c7ccccc7nc6c6ccc(c7ccc(c2c37)-c2[nH]c3ccccc3[n+]21)c4c56. The van der Waals surface area contributed by atoms with E-state index in [1.165, 1.54) is 0 Å². The number of imidazole rings is 2. The van der Waals surface area contributed by atoms with Gasteiger partial charge in [0.2, 0.25) is 0 Å². The van der Waals surface area contributed by atoms with Gasteiger partial charge in [-0.15, -0.1) is 0 Å². The quantitative estimate of drug-likeness (QED) is 0.108. The van der Waals surface area contributed by atoms with Gasteiger partial charge in [-0.3, -0.25) is 9.20 Å². The van der Waals surface area contributed by atoms with Gasteiger partial charge in [-0.05, 0) is 80.8 Å². The van der Waals surface area contributed by atoms with Crippen LogP contribution in [0, 0.1) is 0 Å². The number of aromatic amines is 1. The number of para-hydroxylation sites is 4. The summed E-state index contributed by atoms with van der Waals surface area (Å²) in [6, 6.07) is 32.4. The molecule has 0 fully saturated rings. The Balaban J connectivity index is 0.000000704. The van der Waals surface area contributed by atoms with Crippen LogP contribution in [0.25, 0.3) is 93.0 Å². The lowest BCUT2D eigenvalue weighted by Crippen LogP contribution is -2.46. The number of fused-ring (bicyclic) bond motifs is 10. The molecule has 220 valence electrons. The summed E-state index contributed by atoms with van der Waals surface area (Å²) >= 11 is 0. The Bertz CT molecular complexity index is 2930. The van der Waals surface area contributed by atoms with Crippen LogP contribution in [0.15, 0.2) is 102 Å². The Kier molecular flexibility index (Phi) is 5.37. The Morgan fingerprint density at radius 3 is 1.91 bits per heavy atom. The molecule has 0 saturated carbocycles. The van der Waals surface area contributed by atoms with E-state index in [9.17, 15) is 9.59 Å². The van der Waals surface area contributed by atoms with Crippen molar-refractivity contribution < 1.29 is 9.36 Å². The van der Waals surface area contributed by atoms with Gasteiger partial charge < -0.3 is 0 Å². The summed E-state index contributed by atoms with van der Waals surface area (Å²) in [6.45, 7) is 8.00. The van der Waals surface area contributed by atoms with Crippen LogP contribution in [-0.2, 0) is 0 Å². The summed E-state index contributed by atoms with van der Waals surface area (Å²) in [6.07, 6.45) is 0. The lowest BCUT2D eigenvalue weighted by molar-refractivity contribution is -0.530. The van der Waals surface area contributed by atoms with Crippen molar-refractivity contribution in [2.45, 2.75) is 27.7 Å². The van der Waals surface area contributed by atoms with Crippen LogP contribution in [0.2, 0.25) is 0 Å². The van der Waals surface area contributed by atoms with E-state index >= 15 is 0 Å². The molecule has 3 aromatic heterocycles. The van der Waals surface area contributed by atoms with Gasteiger partial charge in [0.1, 0.15) is 5.65 Å². The molecule has 4 heterocycles. The smallest absolute Gasteiger partial charge is 0.268 e. The number of pyridine rings is 1. The molecule has 1 N–H and O–H groups in total. The predicted molar refractivity (Wildman–Crippen MR) is 189 cm³/mol. The number of carbonyl (C=O) groups is 1. The summed E-state index contributed by atoms with van der Waals surface area (Å²) < 4.78 is 3.55. The molecule has 7 aromatic carbocycles. The number of aromatic nitrogens is 4. The first-order valence-corrected chi connectivity index (χ1v) is 16.0. The Labute approximate surface area is 262 Å². The maximum atomic E-state index is 14.0.